The summed E-state index contributed by atoms with van der Waals surface area (Å²) in [5.74, 6) is -2.37. The molecule has 0 bridgehead atoms. The lowest BCUT2D eigenvalue weighted by Crippen LogP contribution is -2.32. The van der Waals surface area contributed by atoms with Gasteiger partial charge >= 0.3 is 5.97 Å². The second-order valence-electron chi connectivity index (χ2n) is 8.71. The predicted octanol–water partition coefficient (Wildman–Crippen LogP) is 7.26. The van der Waals surface area contributed by atoms with Gasteiger partial charge in [-0.05, 0) is 60.9 Å². The number of carbonyl (C=O) groups is 1. The molecule has 4 rings (SSSR count). The number of carboxylic acid groups (broad SMARTS) is 1. The van der Waals surface area contributed by atoms with Crippen LogP contribution < -0.4 is 4.74 Å². The van der Waals surface area contributed by atoms with Crippen LogP contribution in [0.2, 0.25) is 5.02 Å². The minimum atomic E-state index is -1.15. The molecular formula is C28H25ClF2O4. The maximum absolute atomic E-state index is 14.4. The molecule has 4 nitrogen and oxygen atoms in total. The molecule has 4 atom stereocenters. The normalized spacial score (nSPS) is 21.9. The van der Waals surface area contributed by atoms with Crippen molar-refractivity contribution < 1.29 is 28.2 Å². The van der Waals surface area contributed by atoms with Crippen molar-refractivity contribution in [1.82, 2.24) is 0 Å². The highest BCUT2D eigenvalue weighted by Gasteiger charge is 2.42. The second-order valence-corrected chi connectivity index (χ2v) is 9.12. The van der Waals surface area contributed by atoms with E-state index < -0.39 is 36.4 Å². The average Bonchev–Trinajstić information content (AvgIpc) is 2.82. The Morgan fingerprint density at radius 2 is 1.80 bits per heavy atom. The van der Waals surface area contributed by atoms with Crippen molar-refractivity contribution in [2.45, 2.75) is 31.5 Å². The van der Waals surface area contributed by atoms with Gasteiger partial charge in [0.15, 0.2) is 6.61 Å². The number of hydrogen-bond acceptors (Lipinski definition) is 3. The summed E-state index contributed by atoms with van der Waals surface area (Å²) in [6, 6.07) is 17.5. The van der Waals surface area contributed by atoms with Gasteiger partial charge < -0.3 is 14.6 Å². The largest absolute Gasteiger partial charge is 0.482 e. The van der Waals surface area contributed by atoms with Crippen LogP contribution in [-0.2, 0) is 9.53 Å². The van der Waals surface area contributed by atoms with E-state index in [0.717, 1.165) is 11.1 Å². The Labute approximate surface area is 207 Å². The van der Waals surface area contributed by atoms with Crippen molar-refractivity contribution in [3.63, 3.8) is 0 Å². The maximum atomic E-state index is 14.4. The molecule has 1 aliphatic heterocycles. The Balaban J connectivity index is 1.83. The molecule has 35 heavy (non-hydrogen) atoms. The molecule has 1 heterocycles. The zero-order valence-corrected chi connectivity index (χ0v) is 19.8. The molecule has 182 valence electrons. The Kier molecular flexibility index (Phi) is 7.53. The molecule has 1 fully saturated rings. The van der Waals surface area contributed by atoms with Crippen LogP contribution in [0.1, 0.15) is 48.2 Å². The third-order valence-electron chi connectivity index (χ3n) is 6.28. The summed E-state index contributed by atoms with van der Waals surface area (Å²) in [5.41, 5.74) is 2.65. The van der Waals surface area contributed by atoms with Gasteiger partial charge in [-0.25, -0.2) is 13.6 Å². The van der Waals surface area contributed by atoms with Crippen LogP contribution in [0.25, 0.3) is 0 Å². The third kappa shape index (κ3) is 5.55. The lowest BCUT2D eigenvalue weighted by atomic mass is 9.74. The lowest BCUT2D eigenvalue weighted by molar-refractivity contribution is -0.139. The Hall–Kier alpha value is -3.22. The molecule has 1 saturated heterocycles. The highest BCUT2D eigenvalue weighted by Crippen LogP contribution is 2.54. The first kappa shape index (κ1) is 24.9. The Morgan fingerprint density at radius 1 is 1.06 bits per heavy atom. The summed E-state index contributed by atoms with van der Waals surface area (Å²) in [6.07, 6.45) is -0.777. The van der Waals surface area contributed by atoms with Crippen LogP contribution in [0, 0.1) is 17.6 Å². The van der Waals surface area contributed by atoms with Gasteiger partial charge in [0, 0.05) is 22.4 Å². The van der Waals surface area contributed by atoms with Gasteiger partial charge in [0.1, 0.15) is 17.4 Å². The first-order valence-corrected chi connectivity index (χ1v) is 11.6. The second kappa shape index (κ2) is 10.6. The molecule has 3 aromatic rings. The number of halogens is 3. The fourth-order valence-electron chi connectivity index (χ4n) is 4.69. The number of ether oxygens (including phenoxy) is 2. The van der Waals surface area contributed by atoms with Gasteiger partial charge in [-0.1, -0.05) is 54.1 Å². The molecule has 0 spiro atoms. The minimum Gasteiger partial charge on any atom is -0.482 e. The van der Waals surface area contributed by atoms with E-state index in [-0.39, 0.29) is 17.6 Å². The van der Waals surface area contributed by atoms with Gasteiger partial charge in [-0.2, -0.15) is 0 Å². The molecule has 0 aromatic heterocycles. The predicted molar refractivity (Wildman–Crippen MR) is 130 cm³/mol. The van der Waals surface area contributed by atoms with Crippen molar-refractivity contribution >= 4 is 17.6 Å². The summed E-state index contributed by atoms with van der Waals surface area (Å²) < 4.78 is 40.7. The SMILES string of the molecule is C=C(C)[C@H]1C[C@H](c2ccccc2Cl)[C@H](c2cccc(F)c2)O[C@@H]1c1cc(F)ccc1OCC(=O)O. The molecule has 1 N–H and O–H groups in total. The molecule has 0 unspecified atom stereocenters. The molecule has 0 amide bonds. The Bertz CT molecular complexity index is 1250. The fraction of sp³-hybridized carbons (Fsp3) is 0.250. The van der Waals surface area contributed by atoms with E-state index in [2.05, 4.69) is 6.58 Å². The number of rotatable bonds is 7. The van der Waals surface area contributed by atoms with Crippen LogP contribution in [0.5, 0.6) is 5.75 Å². The van der Waals surface area contributed by atoms with E-state index >= 15 is 0 Å². The maximum Gasteiger partial charge on any atom is 0.341 e. The van der Waals surface area contributed by atoms with E-state index in [0.29, 0.717) is 22.6 Å². The van der Waals surface area contributed by atoms with Crippen LogP contribution >= 0.6 is 11.6 Å². The molecular weight excluding hydrogens is 474 g/mol. The highest BCUT2D eigenvalue weighted by molar-refractivity contribution is 6.31. The highest BCUT2D eigenvalue weighted by atomic mass is 35.5. The average molecular weight is 499 g/mol. The first-order valence-electron chi connectivity index (χ1n) is 11.2. The van der Waals surface area contributed by atoms with E-state index in [9.17, 15) is 13.6 Å². The van der Waals surface area contributed by atoms with E-state index in [4.69, 9.17) is 26.2 Å². The number of carboxylic acids is 1. The number of hydrogen-bond donors (Lipinski definition) is 1. The lowest BCUT2D eigenvalue weighted by Gasteiger charge is -2.43. The number of benzene rings is 3. The van der Waals surface area contributed by atoms with Gasteiger partial charge in [0.2, 0.25) is 0 Å². The van der Waals surface area contributed by atoms with Crippen molar-refractivity contribution in [2.24, 2.45) is 5.92 Å². The monoisotopic (exact) mass is 498 g/mol. The molecule has 0 saturated carbocycles. The smallest absolute Gasteiger partial charge is 0.341 e. The van der Waals surface area contributed by atoms with Crippen molar-refractivity contribution in [1.29, 1.82) is 0 Å². The quantitative estimate of drug-likeness (QED) is 0.348. The van der Waals surface area contributed by atoms with Gasteiger partial charge in [0.25, 0.3) is 0 Å². The van der Waals surface area contributed by atoms with Gasteiger partial charge in [-0.3, -0.25) is 0 Å². The van der Waals surface area contributed by atoms with Crippen LogP contribution in [0.3, 0.4) is 0 Å². The van der Waals surface area contributed by atoms with E-state index in [1.54, 1.807) is 18.2 Å². The molecule has 0 aliphatic carbocycles. The van der Waals surface area contributed by atoms with Crippen LogP contribution in [-0.4, -0.2) is 17.7 Å². The first-order chi connectivity index (χ1) is 16.7. The van der Waals surface area contributed by atoms with Crippen molar-refractivity contribution in [2.75, 3.05) is 6.61 Å². The topological polar surface area (TPSA) is 55.8 Å². The molecule has 3 aromatic carbocycles. The summed E-state index contributed by atoms with van der Waals surface area (Å²) in [5, 5.41) is 9.65. The molecule has 7 heteroatoms. The Morgan fingerprint density at radius 3 is 2.49 bits per heavy atom. The fourth-order valence-corrected chi connectivity index (χ4v) is 4.97. The van der Waals surface area contributed by atoms with Crippen molar-refractivity contribution in [3.8, 4) is 5.75 Å². The van der Waals surface area contributed by atoms with E-state index in [1.807, 2.05) is 25.1 Å². The zero-order valence-electron chi connectivity index (χ0n) is 19.1. The van der Waals surface area contributed by atoms with Gasteiger partial charge in [0.05, 0.1) is 12.2 Å². The summed E-state index contributed by atoms with van der Waals surface area (Å²) >= 11 is 6.56. The zero-order chi connectivity index (χ0) is 25.1. The summed E-state index contributed by atoms with van der Waals surface area (Å²) in [7, 11) is 0. The molecule has 1 aliphatic rings. The van der Waals surface area contributed by atoms with Crippen molar-refractivity contribution in [3.05, 3.63) is 112 Å². The summed E-state index contributed by atoms with van der Waals surface area (Å²) in [4.78, 5) is 11.1. The van der Waals surface area contributed by atoms with Crippen LogP contribution in [0.15, 0.2) is 78.9 Å². The third-order valence-corrected chi connectivity index (χ3v) is 6.62. The molecule has 0 radical (unpaired) electrons. The minimum absolute atomic E-state index is 0.208. The van der Waals surface area contributed by atoms with Gasteiger partial charge in [-0.15, -0.1) is 0 Å². The van der Waals surface area contributed by atoms with Crippen LogP contribution in [0.4, 0.5) is 8.78 Å². The standard InChI is InChI=1S/C28H25ClF2O4/c1-16(2)21-14-22(20-8-3-4-9-24(20)29)27(17-6-5-7-18(30)12-17)35-28(21)23-13-19(31)10-11-25(23)34-15-26(32)33/h3-13,21-22,27-28H,1,14-15H2,2H3,(H,32,33)/t21-,22-,27+,28+/m1/s1. The summed E-state index contributed by atoms with van der Waals surface area (Å²) in [6.45, 7) is 5.42. The van der Waals surface area contributed by atoms with E-state index in [1.165, 1.54) is 30.3 Å². The number of aliphatic carboxylic acids is 1.